The monoisotopic (exact) mass is 193 g/mol. The summed E-state index contributed by atoms with van der Waals surface area (Å²) in [7, 11) is 2.12. The summed E-state index contributed by atoms with van der Waals surface area (Å²) < 4.78 is 0. The van der Waals surface area contributed by atoms with Crippen molar-refractivity contribution in [2.45, 2.75) is 39.7 Å². The van der Waals surface area contributed by atoms with Gasteiger partial charge in [-0.1, -0.05) is 33.1 Å². The predicted molar refractivity (Wildman–Crippen MR) is 65.2 cm³/mol. The average molecular weight is 193 g/mol. The molecule has 80 valence electrons. The lowest BCUT2D eigenvalue weighted by Crippen LogP contribution is -2.31. The second-order valence-electron chi connectivity index (χ2n) is 3.32. The summed E-state index contributed by atoms with van der Waals surface area (Å²) in [6.07, 6.45) is 6.22. The summed E-state index contributed by atoms with van der Waals surface area (Å²) >= 11 is 0. The fraction of sp³-hybridized carbons (Fsp3) is 0.538. The van der Waals surface area contributed by atoms with Gasteiger partial charge in [0.1, 0.15) is 0 Å². The molecule has 0 bridgehead atoms. The van der Waals surface area contributed by atoms with Crippen molar-refractivity contribution in [2.24, 2.45) is 0 Å². The summed E-state index contributed by atoms with van der Waals surface area (Å²) in [4.78, 5) is 2.27. The molecule has 1 heterocycles. The van der Waals surface area contributed by atoms with E-state index < -0.39 is 0 Å². The first kappa shape index (κ1) is 13.0. The zero-order valence-corrected chi connectivity index (χ0v) is 10.0. The van der Waals surface area contributed by atoms with Gasteiger partial charge in [-0.25, -0.2) is 0 Å². The van der Waals surface area contributed by atoms with Crippen molar-refractivity contribution >= 4 is 0 Å². The van der Waals surface area contributed by atoms with E-state index in [9.17, 15) is 0 Å². The highest BCUT2D eigenvalue weighted by Gasteiger charge is 2.18. The van der Waals surface area contributed by atoms with Gasteiger partial charge in [0.2, 0.25) is 0 Å². The SMILES string of the molecule is C=CC1=C(C=C)N(C)C(C)CC1.CC. The summed E-state index contributed by atoms with van der Waals surface area (Å²) in [5.74, 6) is 0. The minimum Gasteiger partial charge on any atom is -0.372 e. The zero-order valence-electron chi connectivity index (χ0n) is 10.0. The van der Waals surface area contributed by atoms with Gasteiger partial charge >= 0.3 is 0 Å². The maximum atomic E-state index is 3.82. The number of nitrogens with zero attached hydrogens (tertiary/aromatic N) is 1. The van der Waals surface area contributed by atoms with Crippen molar-refractivity contribution < 1.29 is 0 Å². The van der Waals surface area contributed by atoms with Crippen LogP contribution in [0.25, 0.3) is 0 Å². The van der Waals surface area contributed by atoms with Crippen molar-refractivity contribution in [3.8, 4) is 0 Å². The smallest absolute Gasteiger partial charge is 0.0392 e. The fourth-order valence-corrected chi connectivity index (χ4v) is 1.63. The highest BCUT2D eigenvalue weighted by atomic mass is 15.1. The Hall–Kier alpha value is -0.980. The van der Waals surface area contributed by atoms with Crippen LogP contribution in [0.4, 0.5) is 0 Å². The first-order valence-corrected chi connectivity index (χ1v) is 5.41. The molecule has 0 saturated carbocycles. The molecule has 0 fully saturated rings. The van der Waals surface area contributed by atoms with E-state index in [0.717, 1.165) is 6.42 Å². The van der Waals surface area contributed by atoms with Crippen LogP contribution in [0.3, 0.4) is 0 Å². The Morgan fingerprint density at radius 2 is 1.86 bits per heavy atom. The van der Waals surface area contributed by atoms with Gasteiger partial charge in [0.15, 0.2) is 0 Å². The third-order valence-corrected chi connectivity index (χ3v) is 2.64. The van der Waals surface area contributed by atoms with Gasteiger partial charge in [0.05, 0.1) is 0 Å². The topological polar surface area (TPSA) is 3.24 Å². The van der Waals surface area contributed by atoms with Crippen LogP contribution in [0.2, 0.25) is 0 Å². The normalized spacial score (nSPS) is 21.1. The van der Waals surface area contributed by atoms with Crippen LogP contribution in [-0.2, 0) is 0 Å². The molecular formula is C13H23N. The Kier molecular flexibility index (Phi) is 6.02. The summed E-state index contributed by atoms with van der Waals surface area (Å²) in [5.41, 5.74) is 2.56. The molecule has 0 aromatic carbocycles. The molecule has 1 aliphatic rings. The Morgan fingerprint density at radius 3 is 2.29 bits per heavy atom. The van der Waals surface area contributed by atoms with Crippen molar-refractivity contribution in [1.82, 2.24) is 4.90 Å². The molecule has 1 heteroatoms. The molecule has 0 aromatic rings. The third kappa shape index (κ3) is 2.76. The summed E-state index contributed by atoms with van der Waals surface area (Å²) in [5, 5.41) is 0. The molecule has 0 amide bonds. The van der Waals surface area contributed by atoms with Crippen LogP contribution in [0.1, 0.15) is 33.6 Å². The molecule has 0 aromatic heterocycles. The van der Waals surface area contributed by atoms with E-state index in [2.05, 4.69) is 32.0 Å². The molecule has 1 nitrogen and oxygen atoms in total. The van der Waals surface area contributed by atoms with Gasteiger partial charge in [-0.3, -0.25) is 0 Å². The molecular weight excluding hydrogens is 170 g/mol. The molecule has 0 spiro atoms. The lowest BCUT2D eigenvalue weighted by molar-refractivity contribution is 0.295. The third-order valence-electron chi connectivity index (χ3n) is 2.64. The van der Waals surface area contributed by atoms with Crippen LogP contribution in [-0.4, -0.2) is 18.0 Å². The van der Waals surface area contributed by atoms with Crippen LogP contribution in [0, 0.1) is 0 Å². The predicted octanol–water partition coefficient (Wildman–Crippen LogP) is 3.75. The number of rotatable bonds is 2. The Bertz CT molecular complexity index is 225. The van der Waals surface area contributed by atoms with Gasteiger partial charge < -0.3 is 4.90 Å². The lowest BCUT2D eigenvalue weighted by atomic mass is 9.97. The van der Waals surface area contributed by atoms with Crippen molar-refractivity contribution in [3.05, 3.63) is 36.6 Å². The van der Waals surface area contributed by atoms with E-state index in [1.165, 1.54) is 17.7 Å². The maximum absolute atomic E-state index is 3.82. The van der Waals surface area contributed by atoms with Gasteiger partial charge in [-0.15, -0.1) is 0 Å². The van der Waals surface area contributed by atoms with E-state index in [-0.39, 0.29) is 0 Å². The highest BCUT2D eigenvalue weighted by Crippen LogP contribution is 2.26. The largest absolute Gasteiger partial charge is 0.372 e. The standard InChI is InChI=1S/C11H17N.C2H6/c1-5-10-8-7-9(3)12(4)11(10)6-2;1-2/h5-6,9H,1-2,7-8H2,3-4H3;1-2H3. The van der Waals surface area contributed by atoms with Gasteiger partial charge in [-0.05, 0) is 31.4 Å². The van der Waals surface area contributed by atoms with Crippen LogP contribution in [0.5, 0.6) is 0 Å². The second kappa shape index (κ2) is 6.47. The average Bonchev–Trinajstić information content (AvgIpc) is 2.24. The van der Waals surface area contributed by atoms with Crippen LogP contribution < -0.4 is 0 Å². The molecule has 0 radical (unpaired) electrons. The van der Waals surface area contributed by atoms with E-state index in [0.29, 0.717) is 6.04 Å². The fourth-order valence-electron chi connectivity index (χ4n) is 1.63. The molecule has 0 aliphatic carbocycles. The molecule has 1 atom stereocenters. The number of allylic oxidation sites excluding steroid dienone is 3. The Morgan fingerprint density at radius 1 is 1.29 bits per heavy atom. The minimum absolute atomic E-state index is 0.627. The number of hydrogen-bond donors (Lipinski definition) is 0. The first-order chi connectivity index (χ1) is 6.70. The van der Waals surface area contributed by atoms with Crippen LogP contribution in [0.15, 0.2) is 36.6 Å². The van der Waals surface area contributed by atoms with Crippen LogP contribution >= 0.6 is 0 Å². The van der Waals surface area contributed by atoms with E-state index >= 15 is 0 Å². The highest BCUT2D eigenvalue weighted by molar-refractivity contribution is 5.32. The van der Waals surface area contributed by atoms with E-state index in [1.54, 1.807) is 0 Å². The lowest BCUT2D eigenvalue weighted by Gasteiger charge is -2.34. The Balaban J connectivity index is 0.000000791. The Labute approximate surface area is 88.8 Å². The minimum atomic E-state index is 0.627. The molecule has 0 saturated heterocycles. The summed E-state index contributed by atoms with van der Waals surface area (Å²) in [6.45, 7) is 13.9. The van der Waals surface area contributed by atoms with E-state index in [4.69, 9.17) is 0 Å². The first-order valence-electron chi connectivity index (χ1n) is 5.41. The summed E-state index contributed by atoms with van der Waals surface area (Å²) in [6, 6.07) is 0.627. The maximum Gasteiger partial charge on any atom is 0.0392 e. The molecule has 0 N–H and O–H groups in total. The van der Waals surface area contributed by atoms with Crippen molar-refractivity contribution in [3.63, 3.8) is 0 Å². The quantitative estimate of drug-likeness (QED) is 0.645. The van der Waals surface area contributed by atoms with Gasteiger partial charge in [-0.2, -0.15) is 0 Å². The van der Waals surface area contributed by atoms with Gasteiger partial charge in [0.25, 0.3) is 0 Å². The molecule has 1 aliphatic heterocycles. The number of likely N-dealkylation sites (N-methyl/N-ethyl adjacent to an activating group) is 1. The second-order valence-corrected chi connectivity index (χ2v) is 3.32. The number of hydrogen-bond acceptors (Lipinski definition) is 1. The van der Waals surface area contributed by atoms with Crippen molar-refractivity contribution in [1.29, 1.82) is 0 Å². The molecule has 1 rings (SSSR count). The van der Waals surface area contributed by atoms with Gasteiger partial charge in [0, 0.05) is 18.8 Å². The van der Waals surface area contributed by atoms with E-state index in [1.807, 2.05) is 26.0 Å². The van der Waals surface area contributed by atoms with Crippen molar-refractivity contribution in [2.75, 3.05) is 7.05 Å². The molecule has 14 heavy (non-hydrogen) atoms. The molecule has 1 unspecified atom stereocenters. The zero-order chi connectivity index (χ0) is 11.1.